The van der Waals surface area contributed by atoms with Crippen LogP contribution in [0, 0.1) is 5.92 Å². The van der Waals surface area contributed by atoms with Gasteiger partial charge in [-0.2, -0.15) is 5.10 Å². The molecule has 3 rings (SSSR count). The van der Waals surface area contributed by atoms with Crippen LogP contribution in [0.5, 0.6) is 0 Å². The quantitative estimate of drug-likeness (QED) is 0.826. The molecule has 3 heterocycles. The van der Waals surface area contributed by atoms with Gasteiger partial charge < -0.3 is 14.5 Å². The lowest BCUT2D eigenvalue weighted by molar-refractivity contribution is -0.143. The van der Waals surface area contributed by atoms with Crippen LogP contribution in [0.2, 0.25) is 0 Å². The Kier molecular flexibility index (Phi) is 5.18. The summed E-state index contributed by atoms with van der Waals surface area (Å²) in [5.41, 5.74) is 0.922. The molecular weight excluding hydrogens is 308 g/mol. The monoisotopic (exact) mass is 334 g/mol. The Hall–Kier alpha value is -1.89. The van der Waals surface area contributed by atoms with Gasteiger partial charge in [0.15, 0.2) is 0 Å². The molecule has 0 aromatic carbocycles. The summed E-state index contributed by atoms with van der Waals surface area (Å²) in [7, 11) is 0. The number of hydrogen-bond acceptors (Lipinski definition) is 4. The van der Waals surface area contributed by atoms with E-state index in [1.54, 1.807) is 10.9 Å². The first-order valence-corrected chi connectivity index (χ1v) is 8.73. The third kappa shape index (κ3) is 3.61. The summed E-state index contributed by atoms with van der Waals surface area (Å²) < 4.78 is 7.11. The first-order chi connectivity index (χ1) is 11.6. The molecule has 1 saturated heterocycles. The maximum absolute atomic E-state index is 12.9. The lowest BCUT2D eigenvalue weighted by atomic mass is 10.1. The molecule has 1 fully saturated rings. The minimum absolute atomic E-state index is 0.0320. The van der Waals surface area contributed by atoms with E-state index in [4.69, 9.17) is 4.74 Å². The second-order valence-electron chi connectivity index (χ2n) is 6.93. The number of morpholine rings is 1. The molecule has 0 aliphatic carbocycles. The first-order valence-electron chi connectivity index (χ1n) is 8.73. The average Bonchev–Trinajstić information content (AvgIpc) is 3.07. The number of amides is 2. The summed E-state index contributed by atoms with van der Waals surface area (Å²) in [4.78, 5) is 29.1. The van der Waals surface area contributed by atoms with E-state index in [1.165, 1.54) is 0 Å². The number of aromatic nitrogens is 2. The van der Waals surface area contributed by atoms with Crippen molar-refractivity contribution in [2.45, 2.75) is 39.3 Å². The van der Waals surface area contributed by atoms with Crippen LogP contribution < -0.4 is 0 Å². The minimum Gasteiger partial charge on any atom is -0.378 e. The Labute approximate surface area is 142 Å². The Bertz CT molecular complexity index is 592. The van der Waals surface area contributed by atoms with Crippen LogP contribution in [0.4, 0.5) is 0 Å². The van der Waals surface area contributed by atoms with Gasteiger partial charge in [0.25, 0.3) is 0 Å². The molecule has 1 aromatic rings. The van der Waals surface area contributed by atoms with Crippen molar-refractivity contribution in [1.82, 2.24) is 19.6 Å². The van der Waals surface area contributed by atoms with Crippen LogP contribution in [0.15, 0.2) is 12.3 Å². The largest absolute Gasteiger partial charge is 0.378 e. The fraction of sp³-hybridized carbons (Fsp3) is 0.706. The summed E-state index contributed by atoms with van der Waals surface area (Å²) in [6.45, 7) is 7.52. The highest BCUT2D eigenvalue weighted by Crippen LogP contribution is 2.24. The zero-order valence-corrected chi connectivity index (χ0v) is 14.5. The lowest BCUT2D eigenvalue weighted by Gasteiger charge is -2.37. The number of carbonyl (C=O) groups is 2. The molecule has 0 radical (unpaired) electrons. The van der Waals surface area contributed by atoms with E-state index >= 15 is 0 Å². The summed E-state index contributed by atoms with van der Waals surface area (Å²) >= 11 is 0. The Morgan fingerprint density at radius 2 is 2.04 bits per heavy atom. The van der Waals surface area contributed by atoms with Crippen LogP contribution in [-0.2, 0) is 20.9 Å². The smallest absolute Gasteiger partial charge is 0.249 e. The number of ether oxygens (including phenoxy) is 1. The summed E-state index contributed by atoms with van der Waals surface area (Å²) in [6, 6.07) is 1.46. The predicted molar refractivity (Wildman–Crippen MR) is 88.2 cm³/mol. The standard InChI is InChI=1S/C17H26N4O3/c1-13(2)3-4-16(22)20-11-14-5-6-18-21(14)15(12-20)17(23)19-7-9-24-10-8-19/h5-6,13,15H,3-4,7-12H2,1-2H3. The minimum atomic E-state index is -0.426. The van der Waals surface area contributed by atoms with Crippen LogP contribution in [-0.4, -0.2) is 64.2 Å². The maximum atomic E-state index is 12.9. The second kappa shape index (κ2) is 7.34. The van der Waals surface area contributed by atoms with E-state index in [0.29, 0.717) is 51.7 Å². The maximum Gasteiger partial charge on any atom is 0.249 e. The zero-order chi connectivity index (χ0) is 17.1. The number of fused-ring (bicyclic) bond motifs is 1. The third-order valence-corrected chi connectivity index (χ3v) is 4.69. The normalized spacial score (nSPS) is 21.0. The van der Waals surface area contributed by atoms with E-state index in [2.05, 4.69) is 18.9 Å². The van der Waals surface area contributed by atoms with E-state index in [9.17, 15) is 9.59 Å². The number of carbonyl (C=O) groups excluding carboxylic acids is 2. The van der Waals surface area contributed by atoms with Gasteiger partial charge in [0, 0.05) is 25.7 Å². The van der Waals surface area contributed by atoms with Crippen molar-refractivity contribution >= 4 is 11.8 Å². The Morgan fingerprint density at radius 3 is 2.75 bits per heavy atom. The highest BCUT2D eigenvalue weighted by Gasteiger charge is 2.35. The molecule has 1 aromatic heterocycles. The van der Waals surface area contributed by atoms with Gasteiger partial charge in [0.05, 0.1) is 32.0 Å². The van der Waals surface area contributed by atoms with Gasteiger partial charge in [-0.3, -0.25) is 14.3 Å². The van der Waals surface area contributed by atoms with Crippen molar-refractivity contribution in [3.8, 4) is 0 Å². The van der Waals surface area contributed by atoms with Crippen molar-refractivity contribution < 1.29 is 14.3 Å². The summed E-state index contributed by atoms with van der Waals surface area (Å²) in [5, 5.41) is 4.32. The van der Waals surface area contributed by atoms with Crippen molar-refractivity contribution in [2.75, 3.05) is 32.8 Å². The summed E-state index contributed by atoms with van der Waals surface area (Å²) in [6.07, 6.45) is 3.11. The molecule has 24 heavy (non-hydrogen) atoms. The molecule has 1 unspecified atom stereocenters. The molecular formula is C17H26N4O3. The van der Waals surface area contributed by atoms with Crippen LogP contribution in [0.1, 0.15) is 38.4 Å². The fourth-order valence-corrected chi connectivity index (χ4v) is 3.23. The number of nitrogens with zero attached hydrogens (tertiary/aromatic N) is 4. The zero-order valence-electron chi connectivity index (χ0n) is 14.5. The Morgan fingerprint density at radius 1 is 1.29 bits per heavy atom. The molecule has 7 heteroatoms. The van der Waals surface area contributed by atoms with Gasteiger partial charge >= 0.3 is 0 Å². The van der Waals surface area contributed by atoms with Crippen LogP contribution in [0.3, 0.4) is 0 Å². The van der Waals surface area contributed by atoms with Gasteiger partial charge in [-0.05, 0) is 18.4 Å². The fourth-order valence-electron chi connectivity index (χ4n) is 3.23. The average molecular weight is 334 g/mol. The van der Waals surface area contributed by atoms with E-state index in [1.807, 2.05) is 15.9 Å². The highest BCUT2D eigenvalue weighted by atomic mass is 16.5. The molecule has 0 N–H and O–H groups in total. The van der Waals surface area contributed by atoms with Crippen molar-refractivity contribution in [1.29, 1.82) is 0 Å². The number of hydrogen-bond donors (Lipinski definition) is 0. The molecule has 0 bridgehead atoms. The van der Waals surface area contributed by atoms with E-state index in [-0.39, 0.29) is 11.8 Å². The molecule has 1 atom stereocenters. The molecule has 0 spiro atoms. The molecule has 2 amide bonds. The van der Waals surface area contributed by atoms with Gasteiger partial charge in [0.1, 0.15) is 6.04 Å². The van der Waals surface area contributed by atoms with Crippen LogP contribution >= 0.6 is 0 Å². The van der Waals surface area contributed by atoms with Gasteiger partial charge in [-0.15, -0.1) is 0 Å². The molecule has 0 saturated carbocycles. The third-order valence-electron chi connectivity index (χ3n) is 4.69. The molecule has 7 nitrogen and oxygen atoms in total. The van der Waals surface area contributed by atoms with Crippen LogP contribution in [0.25, 0.3) is 0 Å². The van der Waals surface area contributed by atoms with Crippen molar-refractivity contribution in [2.24, 2.45) is 5.92 Å². The SMILES string of the molecule is CC(C)CCC(=O)N1Cc2ccnn2C(C(=O)N2CCOCC2)C1. The van der Waals surface area contributed by atoms with Crippen molar-refractivity contribution in [3.05, 3.63) is 18.0 Å². The molecule has 2 aliphatic rings. The van der Waals surface area contributed by atoms with Gasteiger partial charge in [-0.25, -0.2) is 0 Å². The van der Waals surface area contributed by atoms with Crippen molar-refractivity contribution in [3.63, 3.8) is 0 Å². The predicted octanol–water partition coefficient (Wildman–Crippen LogP) is 1.06. The second-order valence-corrected chi connectivity index (χ2v) is 6.93. The topological polar surface area (TPSA) is 67.7 Å². The van der Waals surface area contributed by atoms with Gasteiger partial charge in [-0.1, -0.05) is 13.8 Å². The Balaban J connectivity index is 1.73. The molecule has 2 aliphatic heterocycles. The summed E-state index contributed by atoms with van der Waals surface area (Å²) in [5.74, 6) is 0.649. The first kappa shape index (κ1) is 17.0. The number of rotatable bonds is 4. The lowest BCUT2D eigenvalue weighted by Crippen LogP contribution is -2.50. The van der Waals surface area contributed by atoms with E-state index in [0.717, 1.165) is 12.1 Å². The van der Waals surface area contributed by atoms with Gasteiger partial charge in [0.2, 0.25) is 11.8 Å². The highest BCUT2D eigenvalue weighted by molar-refractivity contribution is 5.83. The molecule has 132 valence electrons. The van der Waals surface area contributed by atoms with E-state index < -0.39 is 6.04 Å².